The molecule has 166 valence electrons. The Morgan fingerprint density at radius 3 is 2.56 bits per heavy atom. The summed E-state index contributed by atoms with van der Waals surface area (Å²) in [6.45, 7) is 2.50. The highest BCUT2D eigenvalue weighted by atomic mass is 35.5. The van der Waals surface area contributed by atoms with Gasteiger partial charge in [-0.3, -0.25) is 14.4 Å². The molecule has 0 saturated carbocycles. The van der Waals surface area contributed by atoms with Crippen LogP contribution in [0.2, 0.25) is 5.02 Å². The molecule has 2 N–H and O–H groups in total. The van der Waals surface area contributed by atoms with Crippen LogP contribution < -0.4 is 10.0 Å². The third kappa shape index (κ3) is 5.68. The van der Waals surface area contributed by atoms with E-state index >= 15 is 0 Å². The van der Waals surface area contributed by atoms with E-state index in [0.717, 1.165) is 26.1 Å². The van der Waals surface area contributed by atoms with Gasteiger partial charge in [0.05, 0.1) is 10.6 Å². The van der Waals surface area contributed by atoms with E-state index in [9.17, 15) is 13.2 Å². The molecule has 0 spiro atoms. The van der Waals surface area contributed by atoms with Crippen LogP contribution in [0, 0.1) is 0 Å². The van der Waals surface area contributed by atoms with Gasteiger partial charge in [-0.15, -0.1) is 0 Å². The second-order valence-corrected chi connectivity index (χ2v) is 9.94. The molecule has 1 fully saturated rings. The van der Waals surface area contributed by atoms with Crippen molar-refractivity contribution in [2.45, 2.75) is 23.9 Å². The van der Waals surface area contributed by atoms with E-state index in [4.69, 9.17) is 11.6 Å². The second kappa shape index (κ2) is 9.73. The van der Waals surface area contributed by atoms with Gasteiger partial charge in [-0.2, -0.15) is 0 Å². The first-order chi connectivity index (χ1) is 15.4. The Hall–Kier alpha value is -2.87. The second-order valence-electron chi connectivity index (χ2n) is 7.82. The van der Waals surface area contributed by atoms with Crippen LogP contribution in [0.3, 0.4) is 0 Å². The molecule has 32 heavy (non-hydrogen) atoms. The topological polar surface area (TPSA) is 78.5 Å². The van der Waals surface area contributed by atoms with Crippen LogP contribution in [0.4, 0.5) is 5.69 Å². The summed E-state index contributed by atoms with van der Waals surface area (Å²) >= 11 is 5.93. The van der Waals surface area contributed by atoms with Crippen LogP contribution in [0.15, 0.2) is 83.8 Å². The Labute approximate surface area is 193 Å². The van der Waals surface area contributed by atoms with E-state index in [1.54, 1.807) is 30.3 Å². The van der Waals surface area contributed by atoms with E-state index in [-0.39, 0.29) is 16.8 Å². The first-order valence-electron chi connectivity index (χ1n) is 10.3. The summed E-state index contributed by atoms with van der Waals surface area (Å²) < 4.78 is 28.0. The van der Waals surface area contributed by atoms with Crippen molar-refractivity contribution in [2.24, 2.45) is 0 Å². The molecule has 1 heterocycles. The van der Waals surface area contributed by atoms with Gasteiger partial charge in [-0.1, -0.05) is 54.1 Å². The molecule has 0 radical (unpaired) electrons. The Morgan fingerprint density at radius 2 is 1.78 bits per heavy atom. The van der Waals surface area contributed by atoms with Gasteiger partial charge >= 0.3 is 0 Å². The summed E-state index contributed by atoms with van der Waals surface area (Å²) in [4.78, 5) is 15.1. The number of nitrogens with zero attached hydrogens (tertiary/aromatic N) is 1. The molecule has 8 heteroatoms. The number of amides is 1. The van der Waals surface area contributed by atoms with Crippen molar-refractivity contribution in [3.8, 4) is 0 Å². The SMILES string of the molecule is O=C(N[C@H]1CCN(Cc2ccccc2)C1)c1cccc(S(=O)(=O)Nc2cccc(Cl)c2)c1. The first-order valence-corrected chi connectivity index (χ1v) is 12.2. The molecular formula is C24H24ClN3O3S. The van der Waals surface area contributed by atoms with Gasteiger partial charge in [0.2, 0.25) is 0 Å². The molecule has 1 aliphatic heterocycles. The Balaban J connectivity index is 1.39. The quantitative estimate of drug-likeness (QED) is 0.545. The number of rotatable bonds is 7. The Bertz CT molecular complexity index is 1200. The monoisotopic (exact) mass is 469 g/mol. The summed E-state index contributed by atoms with van der Waals surface area (Å²) in [5.41, 5.74) is 1.90. The number of hydrogen-bond acceptors (Lipinski definition) is 4. The number of hydrogen-bond donors (Lipinski definition) is 2. The maximum Gasteiger partial charge on any atom is 0.261 e. The molecule has 3 aromatic rings. The molecule has 1 aliphatic rings. The Kier molecular flexibility index (Phi) is 6.79. The normalized spacial score (nSPS) is 16.6. The van der Waals surface area contributed by atoms with Gasteiger partial charge in [0.15, 0.2) is 0 Å². The van der Waals surface area contributed by atoms with Gasteiger partial charge in [0.25, 0.3) is 15.9 Å². The highest BCUT2D eigenvalue weighted by molar-refractivity contribution is 7.92. The molecule has 1 saturated heterocycles. The maximum atomic E-state index is 12.8. The fraction of sp³-hybridized carbons (Fsp3) is 0.208. The molecule has 0 unspecified atom stereocenters. The maximum absolute atomic E-state index is 12.8. The van der Waals surface area contributed by atoms with Crippen molar-refractivity contribution < 1.29 is 13.2 Å². The van der Waals surface area contributed by atoms with Crippen molar-refractivity contribution in [3.05, 3.63) is 95.0 Å². The minimum Gasteiger partial charge on any atom is -0.348 e. The average molecular weight is 470 g/mol. The zero-order valence-electron chi connectivity index (χ0n) is 17.4. The molecule has 6 nitrogen and oxygen atoms in total. The third-order valence-corrected chi connectivity index (χ3v) is 6.95. The minimum atomic E-state index is -3.85. The van der Waals surface area contributed by atoms with Crippen LogP contribution in [-0.2, 0) is 16.6 Å². The standard InChI is InChI=1S/C24H24ClN3O3S/c25-20-9-5-10-21(15-20)27-32(30,31)23-11-4-8-19(14-23)24(29)26-22-12-13-28(17-22)16-18-6-2-1-3-7-18/h1-11,14-15,22,27H,12-13,16-17H2,(H,26,29)/t22-/m0/s1. The number of anilines is 1. The molecule has 4 rings (SSSR count). The predicted octanol–water partition coefficient (Wildman–Crippen LogP) is 4.15. The van der Waals surface area contributed by atoms with Crippen molar-refractivity contribution in [1.29, 1.82) is 0 Å². The smallest absolute Gasteiger partial charge is 0.261 e. The minimum absolute atomic E-state index is 0.0160. The Morgan fingerprint density at radius 1 is 1.00 bits per heavy atom. The summed E-state index contributed by atoms with van der Waals surface area (Å²) in [6.07, 6.45) is 0.854. The van der Waals surface area contributed by atoms with Crippen LogP contribution in [0.5, 0.6) is 0 Å². The average Bonchev–Trinajstić information content (AvgIpc) is 3.21. The van der Waals surface area contributed by atoms with E-state index in [1.807, 2.05) is 18.2 Å². The highest BCUT2D eigenvalue weighted by Crippen LogP contribution is 2.20. The lowest BCUT2D eigenvalue weighted by Crippen LogP contribution is -2.37. The molecule has 3 aromatic carbocycles. The number of carbonyl (C=O) groups excluding carboxylic acids is 1. The van der Waals surface area contributed by atoms with Gasteiger partial charge in [-0.25, -0.2) is 8.42 Å². The number of likely N-dealkylation sites (tertiary alicyclic amines) is 1. The third-order valence-electron chi connectivity index (χ3n) is 5.34. The molecule has 0 bridgehead atoms. The fourth-order valence-electron chi connectivity index (χ4n) is 3.77. The summed E-state index contributed by atoms with van der Waals surface area (Å²) in [7, 11) is -3.85. The summed E-state index contributed by atoms with van der Waals surface area (Å²) in [6, 6.07) is 22.7. The van der Waals surface area contributed by atoms with Gasteiger partial charge in [0, 0.05) is 36.3 Å². The van der Waals surface area contributed by atoms with E-state index in [0.29, 0.717) is 16.3 Å². The number of benzene rings is 3. The van der Waals surface area contributed by atoms with E-state index < -0.39 is 10.0 Å². The first kappa shape index (κ1) is 22.3. The van der Waals surface area contributed by atoms with Crippen molar-refractivity contribution in [1.82, 2.24) is 10.2 Å². The van der Waals surface area contributed by atoms with Crippen LogP contribution in [0.25, 0.3) is 0 Å². The summed E-state index contributed by atoms with van der Waals surface area (Å²) in [5.74, 6) is -0.281. The lowest BCUT2D eigenvalue weighted by Gasteiger charge is -2.17. The molecule has 0 aromatic heterocycles. The lowest BCUT2D eigenvalue weighted by molar-refractivity contribution is 0.0937. The van der Waals surface area contributed by atoms with Crippen LogP contribution >= 0.6 is 11.6 Å². The van der Waals surface area contributed by atoms with E-state index in [2.05, 4.69) is 27.1 Å². The zero-order chi connectivity index (χ0) is 22.6. The predicted molar refractivity (Wildman–Crippen MR) is 126 cm³/mol. The summed E-state index contributed by atoms with van der Waals surface area (Å²) in [5, 5.41) is 3.46. The molecule has 0 aliphatic carbocycles. The highest BCUT2D eigenvalue weighted by Gasteiger charge is 2.25. The van der Waals surface area contributed by atoms with Gasteiger partial charge in [-0.05, 0) is 48.4 Å². The number of halogens is 1. The fourth-order valence-corrected chi connectivity index (χ4v) is 5.06. The largest absolute Gasteiger partial charge is 0.348 e. The van der Waals surface area contributed by atoms with Crippen LogP contribution in [-0.4, -0.2) is 38.4 Å². The molecule has 1 amide bonds. The molecular weight excluding hydrogens is 446 g/mol. The lowest BCUT2D eigenvalue weighted by atomic mass is 10.2. The van der Waals surface area contributed by atoms with Gasteiger partial charge < -0.3 is 5.32 Å². The zero-order valence-corrected chi connectivity index (χ0v) is 18.9. The number of nitrogens with one attached hydrogen (secondary N) is 2. The van der Waals surface area contributed by atoms with Crippen LogP contribution in [0.1, 0.15) is 22.3 Å². The van der Waals surface area contributed by atoms with Crippen molar-refractivity contribution in [3.63, 3.8) is 0 Å². The molecule has 1 atom stereocenters. The number of carbonyl (C=O) groups is 1. The number of sulfonamides is 1. The van der Waals surface area contributed by atoms with Crippen molar-refractivity contribution in [2.75, 3.05) is 17.8 Å². The van der Waals surface area contributed by atoms with Gasteiger partial charge in [0.1, 0.15) is 0 Å². The van der Waals surface area contributed by atoms with E-state index in [1.165, 1.54) is 23.8 Å². The van der Waals surface area contributed by atoms with Crippen molar-refractivity contribution >= 4 is 33.2 Å².